The van der Waals surface area contributed by atoms with E-state index in [2.05, 4.69) is 5.32 Å². The van der Waals surface area contributed by atoms with E-state index in [1.807, 2.05) is 13.8 Å². The summed E-state index contributed by atoms with van der Waals surface area (Å²) in [5.41, 5.74) is -1.05. The zero-order valence-electron chi connectivity index (χ0n) is 11.9. The number of amides is 2. The van der Waals surface area contributed by atoms with E-state index in [0.717, 1.165) is 0 Å². The Morgan fingerprint density at radius 1 is 1.18 bits per heavy atom. The van der Waals surface area contributed by atoms with Gasteiger partial charge in [0.1, 0.15) is 5.60 Å². The lowest BCUT2D eigenvalue weighted by atomic mass is 10.1. The number of rotatable bonds is 3. The molecule has 5 heteroatoms. The van der Waals surface area contributed by atoms with E-state index in [1.165, 1.54) is 6.92 Å². The van der Waals surface area contributed by atoms with Crippen LogP contribution in [0, 0.1) is 0 Å². The number of nitrogens with one attached hydrogen (secondary N) is 1. The van der Waals surface area contributed by atoms with E-state index >= 15 is 0 Å². The molecule has 0 aliphatic heterocycles. The summed E-state index contributed by atoms with van der Waals surface area (Å²) in [6.07, 6.45) is -0.473. The van der Waals surface area contributed by atoms with Gasteiger partial charge in [-0.05, 0) is 34.6 Å². The van der Waals surface area contributed by atoms with Gasteiger partial charge in [-0.2, -0.15) is 0 Å². The number of alkyl carbamates (subject to hydrolysis) is 1. The second-order valence-electron chi connectivity index (χ2n) is 5.89. The number of ether oxygens (including phenoxy) is 1. The highest BCUT2D eigenvalue weighted by molar-refractivity contribution is 5.73. The first kappa shape index (κ1) is 15.7. The third kappa shape index (κ3) is 7.60. The highest BCUT2D eigenvalue weighted by atomic mass is 16.6. The molecule has 2 amide bonds. The number of nitrogens with zero attached hydrogens (tertiary/aromatic N) is 1. The average molecular weight is 244 g/mol. The van der Waals surface area contributed by atoms with Crippen LogP contribution >= 0.6 is 0 Å². The smallest absolute Gasteiger partial charge is 0.408 e. The van der Waals surface area contributed by atoms with Crippen molar-refractivity contribution in [3.8, 4) is 0 Å². The maximum atomic E-state index is 11.6. The fraction of sp³-hybridized carbons (Fsp3) is 0.833. The minimum Gasteiger partial charge on any atom is -0.444 e. The molecule has 0 rings (SSSR count). The Kier molecular flexibility index (Phi) is 4.98. The Hall–Kier alpha value is -1.26. The summed E-state index contributed by atoms with van der Waals surface area (Å²) in [4.78, 5) is 24.3. The lowest BCUT2D eigenvalue weighted by Crippen LogP contribution is -2.52. The molecule has 0 aliphatic rings. The van der Waals surface area contributed by atoms with Crippen LogP contribution in [0.4, 0.5) is 4.79 Å². The van der Waals surface area contributed by atoms with E-state index < -0.39 is 17.2 Å². The van der Waals surface area contributed by atoms with Crippen LogP contribution in [0.2, 0.25) is 0 Å². The third-order valence-corrected chi connectivity index (χ3v) is 2.01. The van der Waals surface area contributed by atoms with Crippen LogP contribution in [-0.4, -0.2) is 41.6 Å². The molecule has 17 heavy (non-hydrogen) atoms. The van der Waals surface area contributed by atoms with Gasteiger partial charge in [-0.25, -0.2) is 4.79 Å². The van der Waals surface area contributed by atoms with Gasteiger partial charge in [0.25, 0.3) is 0 Å². The topological polar surface area (TPSA) is 58.6 Å². The van der Waals surface area contributed by atoms with Gasteiger partial charge in [0, 0.05) is 20.5 Å². The predicted octanol–water partition coefficient (Wildman–Crippen LogP) is 1.77. The fourth-order valence-electron chi connectivity index (χ4n) is 1.32. The van der Waals surface area contributed by atoms with Gasteiger partial charge in [-0.15, -0.1) is 0 Å². The molecule has 0 aliphatic carbocycles. The average Bonchev–Trinajstić information content (AvgIpc) is 1.96. The molecule has 0 aromatic rings. The van der Waals surface area contributed by atoms with Crippen LogP contribution < -0.4 is 5.32 Å². The van der Waals surface area contributed by atoms with Gasteiger partial charge < -0.3 is 15.0 Å². The molecule has 1 N–H and O–H groups in total. The van der Waals surface area contributed by atoms with Crippen LogP contribution in [0.5, 0.6) is 0 Å². The highest BCUT2D eigenvalue weighted by Crippen LogP contribution is 2.10. The highest BCUT2D eigenvalue weighted by Gasteiger charge is 2.26. The monoisotopic (exact) mass is 244 g/mol. The minimum atomic E-state index is -0.525. The third-order valence-electron chi connectivity index (χ3n) is 2.01. The van der Waals surface area contributed by atoms with Crippen LogP contribution in [0.15, 0.2) is 0 Å². The Morgan fingerprint density at radius 2 is 1.65 bits per heavy atom. The van der Waals surface area contributed by atoms with Crippen molar-refractivity contribution in [2.24, 2.45) is 0 Å². The molecule has 0 aromatic heterocycles. The summed E-state index contributed by atoms with van der Waals surface area (Å²) >= 11 is 0. The molecule has 0 spiro atoms. The normalized spacial score (nSPS) is 11.9. The van der Waals surface area contributed by atoms with Crippen LogP contribution in [-0.2, 0) is 9.53 Å². The van der Waals surface area contributed by atoms with E-state index in [9.17, 15) is 9.59 Å². The number of hydrogen-bond donors (Lipinski definition) is 1. The zero-order valence-corrected chi connectivity index (χ0v) is 11.9. The lowest BCUT2D eigenvalue weighted by molar-refractivity contribution is -0.128. The molecule has 0 aromatic carbocycles. The molecule has 0 bridgehead atoms. The van der Waals surface area contributed by atoms with E-state index in [-0.39, 0.29) is 5.91 Å². The Morgan fingerprint density at radius 3 is 2.00 bits per heavy atom. The number of likely N-dealkylation sites (N-methyl/N-ethyl adjacent to an activating group) is 1. The van der Waals surface area contributed by atoms with Gasteiger partial charge in [0.2, 0.25) is 5.91 Å². The number of carbonyl (C=O) groups excluding carboxylic acids is 2. The minimum absolute atomic E-state index is 0.0379. The van der Waals surface area contributed by atoms with Crippen LogP contribution in [0.25, 0.3) is 0 Å². The first-order chi connectivity index (χ1) is 7.43. The predicted molar refractivity (Wildman–Crippen MR) is 66.8 cm³/mol. The molecule has 0 saturated heterocycles. The Labute approximate surface area is 103 Å². The van der Waals surface area contributed by atoms with Crippen molar-refractivity contribution >= 4 is 12.0 Å². The van der Waals surface area contributed by atoms with E-state index in [4.69, 9.17) is 4.74 Å². The molecule has 0 atom stereocenters. The molecular formula is C12H24N2O3. The first-order valence-electron chi connectivity index (χ1n) is 5.66. The SMILES string of the molecule is CC(=O)N(C)CC(C)(C)NC(=O)OC(C)(C)C. The summed E-state index contributed by atoms with van der Waals surface area (Å²) in [5, 5.41) is 2.74. The molecule has 0 unspecified atom stereocenters. The Balaban J connectivity index is 4.35. The second kappa shape index (κ2) is 5.38. The molecular weight excluding hydrogens is 220 g/mol. The molecule has 5 nitrogen and oxygen atoms in total. The van der Waals surface area contributed by atoms with Crippen molar-refractivity contribution in [2.75, 3.05) is 13.6 Å². The Bertz CT molecular complexity index is 293. The van der Waals surface area contributed by atoms with Crippen molar-refractivity contribution in [1.82, 2.24) is 10.2 Å². The van der Waals surface area contributed by atoms with Crippen molar-refractivity contribution in [3.05, 3.63) is 0 Å². The molecule has 0 saturated carbocycles. The number of hydrogen-bond acceptors (Lipinski definition) is 3. The van der Waals surface area contributed by atoms with Crippen LogP contribution in [0.3, 0.4) is 0 Å². The molecule has 100 valence electrons. The standard InChI is InChI=1S/C12H24N2O3/c1-9(15)14(7)8-12(5,6)13-10(16)17-11(2,3)4/h8H2,1-7H3,(H,13,16). The summed E-state index contributed by atoms with van der Waals surface area (Å²) < 4.78 is 5.16. The quantitative estimate of drug-likeness (QED) is 0.823. The van der Waals surface area contributed by atoms with Gasteiger partial charge in [0.05, 0.1) is 5.54 Å². The van der Waals surface area contributed by atoms with Crippen molar-refractivity contribution in [1.29, 1.82) is 0 Å². The lowest BCUT2D eigenvalue weighted by Gasteiger charge is -2.31. The molecule has 0 fully saturated rings. The fourth-order valence-corrected chi connectivity index (χ4v) is 1.32. The summed E-state index contributed by atoms with van der Waals surface area (Å²) in [5.74, 6) is -0.0379. The number of carbonyl (C=O) groups is 2. The largest absolute Gasteiger partial charge is 0.444 e. The van der Waals surface area contributed by atoms with Crippen molar-refractivity contribution in [3.63, 3.8) is 0 Å². The van der Waals surface area contributed by atoms with Gasteiger partial charge in [-0.3, -0.25) is 4.79 Å². The maximum absolute atomic E-state index is 11.6. The summed E-state index contributed by atoms with van der Waals surface area (Å²) in [7, 11) is 1.70. The van der Waals surface area contributed by atoms with Crippen molar-refractivity contribution < 1.29 is 14.3 Å². The van der Waals surface area contributed by atoms with Crippen LogP contribution in [0.1, 0.15) is 41.5 Å². The first-order valence-corrected chi connectivity index (χ1v) is 5.66. The maximum Gasteiger partial charge on any atom is 0.408 e. The second-order valence-corrected chi connectivity index (χ2v) is 5.89. The van der Waals surface area contributed by atoms with E-state index in [0.29, 0.717) is 6.54 Å². The summed E-state index contributed by atoms with van der Waals surface area (Å²) in [6, 6.07) is 0. The zero-order chi connectivity index (χ0) is 13.9. The van der Waals surface area contributed by atoms with Gasteiger partial charge >= 0.3 is 6.09 Å². The van der Waals surface area contributed by atoms with Gasteiger partial charge in [-0.1, -0.05) is 0 Å². The summed E-state index contributed by atoms with van der Waals surface area (Å²) in [6.45, 7) is 11.0. The van der Waals surface area contributed by atoms with Gasteiger partial charge in [0.15, 0.2) is 0 Å². The molecule has 0 radical (unpaired) electrons. The molecule has 0 heterocycles. The van der Waals surface area contributed by atoms with E-state index in [1.54, 1.807) is 32.7 Å². The van der Waals surface area contributed by atoms with Crippen molar-refractivity contribution in [2.45, 2.75) is 52.7 Å².